The van der Waals surface area contributed by atoms with Crippen LogP contribution in [0, 0.1) is 6.92 Å². The van der Waals surface area contributed by atoms with E-state index >= 15 is 0 Å². The van der Waals surface area contributed by atoms with Gasteiger partial charge in [-0.25, -0.2) is 8.42 Å². The summed E-state index contributed by atoms with van der Waals surface area (Å²) in [5.41, 5.74) is 2.66. The van der Waals surface area contributed by atoms with Crippen LogP contribution in [0.4, 0.5) is 5.69 Å². The van der Waals surface area contributed by atoms with Gasteiger partial charge in [-0.05, 0) is 67.9 Å². The standard InChI is InChI=1S/C24H29N3O3S2/c1-18-8-10-19(11-9-18)12-17-23(28)26-24(31)25-20-13-15-22(16-14-20)32(29,30)27(2)21-6-4-3-5-7-21/h8-17,21H,3-7H2,1-2H3,(H2,25,26,28,31). The van der Waals surface area contributed by atoms with E-state index in [0.717, 1.165) is 36.8 Å². The Kier molecular flexibility index (Phi) is 8.17. The van der Waals surface area contributed by atoms with E-state index in [9.17, 15) is 13.2 Å². The molecule has 0 unspecified atom stereocenters. The number of thiocarbonyl (C=S) groups is 1. The second-order valence-corrected chi connectivity index (χ2v) is 10.4. The SMILES string of the molecule is Cc1ccc(C=CC(=O)NC(=S)Nc2ccc(S(=O)(=O)N(C)C3CCCCC3)cc2)cc1. The largest absolute Gasteiger partial charge is 0.332 e. The maximum atomic E-state index is 12.9. The topological polar surface area (TPSA) is 78.5 Å². The summed E-state index contributed by atoms with van der Waals surface area (Å²) in [5.74, 6) is -0.351. The predicted octanol–water partition coefficient (Wildman–Crippen LogP) is 4.47. The Labute approximate surface area is 195 Å². The molecule has 8 heteroatoms. The van der Waals surface area contributed by atoms with E-state index in [2.05, 4.69) is 10.6 Å². The fourth-order valence-electron chi connectivity index (χ4n) is 3.68. The number of aryl methyl sites for hydroxylation is 1. The molecule has 0 atom stereocenters. The highest BCUT2D eigenvalue weighted by Gasteiger charge is 2.28. The first-order valence-corrected chi connectivity index (χ1v) is 12.6. The Hall–Kier alpha value is -2.55. The molecule has 0 aliphatic heterocycles. The Morgan fingerprint density at radius 3 is 2.28 bits per heavy atom. The Bertz CT molecular complexity index is 1070. The lowest BCUT2D eigenvalue weighted by atomic mass is 9.96. The van der Waals surface area contributed by atoms with Crippen molar-refractivity contribution in [1.29, 1.82) is 0 Å². The summed E-state index contributed by atoms with van der Waals surface area (Å²) in [7, 11) is -1.89. The third-order valence-electron chi connectivity index (χ3n) is 5.62. The van der Waals surface area contributed by atoms with Crippen LogP contribution in [-0.2, 0) is 14.8 Å². The average molecular weight is 472 g/mol. The lowest BCUT2D eigenvalue weighted by Crippen LogP contribution is -2.38. The van der Waals surface area contributed by atoms with E-state index in [0.29, 0.717) is 5.69 Å². The number of amides is 1. The van der Waals surface area contributed by atoms with Gasteiger partial charge in [-0.3, -0.25) is 10.1 Å². The Morgan fingerprint density at radius 1 is 1.03 bits per heavy atom. The van der Waals surface area contributed by atoms with Crippen LogP contribution in [0.2, 0.25) is 0 Å². The average Bonchev–Trinajstić information content (AvgIpc) is 2.79. The van der Waals surface area contributed by atoms with Gasteiger partial charge in [-0.1, -0.05) is 49.1 Å². The highest BCUT2D eigenvalue weighted by Crippen LogP contribution is 2.27. The number of anilines is 1. The van der Waals surface area contributed by atoms with E-state index < -0.39 is 10.0 Å². The van der Waals surface area contributed by atoms with E-state index in [1.165, 1.54) is 16.8 Å². The number of benzene rings is 2. The zero-order valence-electron chi connectivity index (χ0n) is 18.4. The van der Waals surface area contributed by atoms with Crippen molar-refractivity contribution in [2.75, 3.05) is 12.4 Å². The Morgan fingerprint density at radius 2 is 1.66 bits per heavy atom. The van der Waals surface area contributed by atoms with Crippen LogP contribution in [0.5, 0.6) is 0 Å². The fraction of sp³-hybridized carbons (Fsp3) is 0.333. The van der Waals surface area contributed by atoms with Crippen molar-refractivity contribution >= 4 is 45.0 Å². The molecule has 170 valence electrons. The number of carbonyl (C=O) groups excluding carboxylic acids is 1. The van der Waals surface area contributed by atoms with Crippen molar-refractivity contribution < 1.29 is 13.2 Å². The van der Waals surface area contributed by atoms with Gasteiger partial charge in [0.15, 0.2) is 5.11 Å². The summed E-state index contributed by atoms with van der Waals surface area (Å²) < 4.78 is 27.4. The van der Waals surface area contributed by atoms with Gasteiger partial charge in [0.25, 0.3) is 0 Å². The number of sulfonamides is 1. The quantitative estimate of drug-likeness (QED) is 0.480. The molecular weight excluding hydrogens is 442 g/mol. The first kappa shape index (κ1) is 24.1. The maximum absolute atomic E-state index is 12.9. The second kappa shape index (κ2) is 10.8. The molecular formula is C24H29N3O3S2. The third kappa shape index (κ3) is 6.48. The number of hydrogen-bond donors (Lipinski definition) is 2. The lowest BCUT2D eigenvalue weighted by Gasteiger charge is -2.30. The van der Waals surface area contributed by atoms with Crippen molar-refractivity contribution in [3.05, 3.63) is 65.7 Å². The molecule has 3 rings (SSSR count). The van der Waals surface area contributed by atoms with Crippen LogP contribution in [0.3, 0.4) is 0 Å². The normalized spacial score (nSPS) is 15.1. The van der Waals surface area contributed by atoms with Gasteiger partial charge in [0.2, 0.25) is 15.9 Å². The van der Waals surface area contributed by atoms with Crippen LogP contribution in [0.15, 0.2) is 59.5 Å². The zero-order valence-corrected chi connectivity index (χ0v) is 20.0. The molecule has 2 aromatic rings. The van der Waals surface area contributed by atoms with E-state index in [1.807, 2.05) is 31.2 Å². The summed E-state index contributed by atoms with van der Waals surface area (Å²) in [5, 5.41) is 5.63. The highest BCUT2D eigenvalue weighted by molar-refractivity contribution is 7.89. The van der Waals surface area contributed by atoms with Crippen LogP contribution in [-0.4, -0.2) is 36.8 Å². The Balaban J connectivity index is 1.55. The van der Waals surface area contributed by atoms with Gasteiger partial charge in [-0.2, -0.15) is 4.31 Å². The molecule has 1 saturated carbocycles. The molecule has 2 N–H and O–H groups in total. The van der Waals surface area contributed by atoms with Crippen molar-refractivity contribution in [1.82, 2.24) is 9.62 Å². The minimum atomic E-state index is -3.55. The van der Waals surface area contributed by atoms with Gasteiger partial charge < -0.3 is 5.32 Å². The molecule has 0 heterocycles. The number of hydrogen-bond acceptors (Lipinski definition) is 4. The molecule has 2 aromatic carbocycles. The molecule has 6 nitrogen and oxygen atoms in total. The van der Waals surface area contributed by atoms with Crippen molar-refractivity contribution in [3.63, 3.8) is 0 Å². The van der Waals surface area contributed by atoms with Gasteiger partial charge in [0, 0.05) is 24.9 Å². The van der Waals surface area contributed by atoms with Gasteiger partial charge in [0.05, 0.1) is 4.90 Å². The van der Waals surface area contributed by atoms with E-state index in [-0.39, 0.29) is 22.0 Å². The molecule has 1 amide bonds. The number of nitrogens with zero attached hydrogens (tertiary/aromatic N) is 1. The molecule has 0 saturated heterocycles. The molecule has 0 radical (unpaired) electrons. The van der Waals surface area contributed by atoms with Gasteiger partial charge in [0.1, 0.15) is 0 Å². The summed E-state index contributed by atoms with van der Waals surface area (Å²) >= 11 is 5.19. The molecule has 1 aliphatic rings. The number of carbonyl (C=O) groups is 1. The van der Waals surface area contributed by atoms with Crippen LogP contribution >= 0.6 is 12.2 Å². The maximum Gasteiger partial charge on any atom is 0.250 e. The molecule has 32 heavy (non-hydrogen) atoms. The zero-order chi connectivity index (χ0) is 23.1. The molecule has 0 spiro atoms. The first-order valence-electron chi connectivity index (χ1n) is 10.7. The third-order valence-corrected chi connectivity index (χ3v) is 7.75. The summed E-state index contributed by atoms with van der Waals surface area (Å²) in [6.07, 6.45) is 8.23. The molecule has 0 aromatic heterocycles. The van der Waals surface area contributed by atoms with Crippen LogP contribution in [0.1, 0.15) is 43.2 Å². The van der Waals surface area contributed by atoms with Crippen molar-refractivity contribution in [3.8, 4) is 0 Å². The first-order chi connectivity index (χ1) is 15.3. The monoisotopic (exact) mass is 471 g/mol. The van der Waals surface area contributed by atoms with Gasteiger partial charge >= 0.3 is 0 Å². The van der Waals surface area contributed by atoms with Crippen molar-refractivity contribution in [2.45, 2.75) is 50.0 Å². The van der Waals surface area contributed by atoms with E-state index in [4.69, 9.17) is 12.2 Å². The number of nitrogens with one attached hydrogen (secondary N) is 2. The predicted molar refractivity (Wildman–Crippen MR) is 133 cm³/mol. The lowest BCUT2D eigenvalue weighted by molar-refractivity contribution is -0.115. The number of rotatable bonds is 6. The highest BCUT2D eigenvalue weighted by atomic mass is 32.2. The minimum Gasteiger partial charge on any atom is -0.332 e. The summed E-state index contributed by atoms with van der Waals surface area (Å²) in [6, 6.07) is 14.2. The second-order valence-electron chi connectivity index (χ2n) is 8.02. The summed E-state index contributed by atoms with van der Waals surface area (Å²) in [4.78, 5) is 12.3. The fourth-order valence-corrected chi connectivity index (χ4v) is 5.32. The van der Waals surface area contributed by atoms with Crippen LogP contribution in [0.25, 0.3) is 6.08 Å². The van der Waals surface area contributed by atoms with Crippen molar-refractivity contribution in [2.24, 2.45) is 0 Å². The molecule has 1 aliphatic carbocycles. The molecule has 0 bridgehead atoms. The minimum absolute atomic E-state index is 0.0577. The van der Waals surface area contributed by atoms with Crippen LogP contribution < -0.4 is 10.6 Å². The molecule has 1 fully saturated rings. The van der Waals surface area contributed by atoms with Gasteiger partial charge in [-0.15, -0.1) is 0 Å². The smallest absolute Gasteiger partial charge is 0.250 e. The van der Waals surface area contributed by atoms with E-state index in [1.54, 1.807) is 37.4 Å². The summed E-state index contributed by atoms with van der Waals surface area (Å²) in [6.45, 7) is 2.00.